The Morgan fingerprint density at radius 3 is 2.24 bits per heavy atom. The molecule has 1 fully saturated rings. The Hall–Kier alpha value is -1.15. The second-order valence-electron chi connectivity index (χ2n) is 4.15. The molecule has 2 atom stereocenters. The number of carboxylic acid groups (broad SMARTS) is 1. The Balaban J connectivity index is 2.56. The second kappa shape index (κ2) is 5.01. The van der Waals surface area contributed by atoms with Gasteiger partial charge >= 0.3 is 5.97 Å². The molecular formula is C9H16N2O5S. The van der Waals surface area contributed by atoms with Crippen LogP contribution in [0.25, 0.3) is 0 Å². The molecule has 0 saturated heterocycles. The van der Waals surface area contributed by atoms with Crippen molar-refractivity contribution in [2.24, 2.45) is 0 Å². The highest BCUT2D eigenvalue weighted by atomic mass is 32.2. The van der Waals surface area contributed by atoms with Gasteiger partial charge in [0.2, 0.25) is 15.9 Å². The molecule has 0 spiro atoms. The summed E-state index contributed by atoms with van der Waals surface area (Å²) in [4.78, 5) is 22.0. The third-order valence-electron chi connectivity index (χ3n) is 2.47. The molecule has 0 aromatic carbocycles. The highest BCUT2D eigenvalue weighted by molar-refractivity contribution is 7.90. The number of carbonyl (C=O) groups is 2. The van der Waals surface area contributed by atoms with Crippen LogP contribution in [0.4, 0.5) is 0 Å². The van der Waals surface area contributed by atoms with Crippen molar-refractivity contribution in [3.63, 3.8) is 0 Å². The Bertz CT molecular complexity index is 415. The third kappa shape index (κ3) is 3.97. The highest BCUT2D eigenvalue weighted by Crippen LogP contribution is 2.18. The molecule has 8 heteroatoms. The third-order valence-corrected chi connectivity index (χ3v) is 4.29. The number of hydrogen-bond acceptors (Lipinski definition) is 4. The maximum atomic E-state index is 11.5. The quantitative estimate of drug-likeness (QED) is 0.572. The number of aliphatic carboxylic acids is 1. The maximum Gasteiger partial charge on any atom is 0.323 e. The summed E-state index contributed by atoms with van der Waals surface area (Å²) >= 11 is 0. The van der Waals surface area contributed by atoms with Crippen molar-refractivity contribution in [2.45, 2.75) is 44.0 Å². The molecule has 0 aliphatic heterocycles. The first-order chi connectivity index (χ1) is 7.74. The van der Waals surface area contributed by atoms with Gasteiger partial charge in [0.15, 0.2) is 5.25 Å². The van der Waals surface area contributed by atoms with Gasteiger partial charge in [-0.25, -0.2) is 13.1 Å². The van der Waals surface area contributed by atoms with Crippen LogP contribution in [0.15, 0.2) is 0 Å². The van der Waals surface area contributed by atoms with E-state index >= 15 is 0 Å². The van der Waals surface area contributed by atoms with Crippen LogP contribution in [0, 0.1) is 0 Å². The summed E-state index contributed by atoms with van der Waals surface area (Å²) in [5.41, 5.74) is 0. The van der Waals surface area contributed by atoms with Crippen molar-refractivity contribution in [3.05, 3.63) is 0 Å². The molecule has 1 saturated carbocycles. The number of carbonyl (C=O) groups excluding carboxylic acids is 1. The predicted molar refractivity (Wildman–Crippen MR) is 59.8 cm³/mol. The highest BCUT2D eigenvalue weighted by Gasteiger charge is 2.32. The van der Waals surface area contributed by atoms with Crippen molar-refractivity contribution in [2.75, 3.05) is 0 Å². The van der Waals surface area contributed by atoms with Crippen molar-refractivity contribution in [1.29, 1.82) is 0 Å². The van der Waals surface area contributed by atoms with E-state index in [1.165, 1.54) is 6.92 Å². The smallest absolute Gasteiger partial charge is 0.323 e. The molecule has 0 radical (unpaired) electrons. The second-order valence-corrected chi connectivity index (χ2v) is 6.18. The molecule has 0 aromatic heterocycles. The number of carboxylic acids is 1. The number of nitrogens with one attached hydrogen (secondary N) is 2. The Morgan fingerprint density at radius 1 is 1.29 bits per heavy atom. The monoisotopic (exact) mass is 264 g/mol. The molecule has 1 aliphatic carbocycles. The number of rotatable bonds is 6. The fourth-order valence-corrected chi connectivity index (χ4v) is 2.16. The Kier molecular flexibility index (Phi) is 4.10. The van der Waals surface area contributed by atoms with Gasteiger partial charge in [0, 0.05) is 6.04 Å². The fraction of sp³-hybridized carbons (Fsp3) is 0.778. The van der Waals surface area contributed by atoms with Gasteiger partial charge in [-0.3, -0.25) is 9.59 Å². The topological polar surface area (TPSA) is 113 Å². The molecule has 2 unspecified atom stereocenters. The van der Waals surface area contributed by atoms with Crippen LogP contribution < -0.4 is 10.0 Å². The molecule has 3 N–H and O–H groups in total. The van der Waals surface area contributed by atoms with E-state index in [-0.39, 0.29) is 6.04 Å². The van der Waals surface area contributed by atoms with Crippen LogP contribution in [-0.2, 0) is 19.6 Å². The minimum atomic E-state index is -4.03. The standard InChI is InChI=1S/C9H16N2O5S/c1-5(8(12)10-7-3-4-7)11-17(15,16)6(2)9(13)14/h5-7,11H,3-4H2,1-2H3,(H,10,12)(H,13,14). The van der Waals surface area contributed by atoms with Gasteiger partial charge in [-0.1, -0.05) is 0 Å². The molecule has 0 aromatic rings. The molecule has 1 amide bonds. The van der Waals surface area contributed by atoms with Gasteiger partial charge < -0.3 is 10.4 Å². The summed E-state index contributed by atoms with van der Waals surface area (Å²) in [5, 5.41) is 9.65. The zero-order chi connectivity index (χ0) is 13.2. The molecule has 0 heterocycles. The molecule has 0 bridgehead atoms. The minimum Gasteiger partial charge on any atom is -0.480 e. The zero-order valence-corrected chi connectivity index (χ0v) is 10.5. The van der Waals surface area contributed by atoms with Gasteiger partial charge in [-0.05, 0) is 26.7 Å². The van der Waals surface area contributed by atoms with Crippen molar-refractivity contribution < 1.29 is 23.1 Å². The lowest BCUT2D eigenvalue weighted by atomic mass is 10.3. The van der Waals surface area contributed by atoms with E-state index in [0.29, 0.717) is 0 Å². The molecule has 1 aliphatic rings. The summed E-state index contributed by atoms with van der Waals surface area (Å²) in [6, 6.07) is -0.839. The molecule has 1 rings (SSSR count). The first-order valence-corrected chi connectivity index (χ1v) is 6.83. The lowest BCUT2D eigenvalue weighted by Crippen LogP contribution is -2.49. The summed E-state index contributed by atoms with van der Waals surface area (Å²) in [5.74, 6) is -1.89. The average molecular weight is 264 g/mol. The van der Waals surface area contributed by atoms with E-state index in [4.69, 9.17) is 5.11 Å². The summed E-state index contributed by atoms with van der Waals surface area (Å²) < 4.78 is 25.1. The van der Waals surface area contributed by atoms with Gasteiger partial charge in [-0.15, -0.1) is 0 Å². The predicted octanol–water partition coefficient (Wildman–Crippen LogP) is -0.954. The molecule has 7 nitrogen and oxygen atoms in total. The summed E-state index contributed by atoms with van der Waals surface area (Å²) in [6.07, 6.45) is 1.80. The van der Waals surface area contributed by atoms with Crippen LogP contribution in [0.1, 0.15) is 26.7 Å². The minimum absolute atomic E-state index is 0.131. The fourth-order valence-electron chi connectivity index (χ4n) is 1.09. The maximum absolute atomic E-state index is 11.5. The van der Waals surface area contributed by atoms with E-state index in [9.17, 15) is 18.0 Å². The van der Waals surface area contributed by atoms with Crippen LogP contribution in [0.3, 0.4) is 0 Å². The van der Waals surface area contributed by atoms with Crippen molar-refractivity contribution in [3.8, 4) is 0 Å². The van der Waals surface area contributed by atoms with Crippen LogP contribution in [-0.4, -0.2) is 42.7 Å². The molecule has 98 valence electrons. The number of amides is 1. The Labute approximate surface area is 99.6 Å². The zero-order valence-electron chi connectivity index (χ0n) is 9.63. The van der Waals surface area contributed by atoms with Crippen LogP contribution in [0.2, 0.25) is 0 Å². The van der Waals surface area contributed by atoms with Gasteiger partial charge in [0.05, 0.1) is 6.04 Å². The summed E-state index contributed by atoms with van der Waals surface area (Å²) in [7, 11) is -4.03. The van der Waals surface area contributed by atoms with E-state index in [0.717, 1.165) is 19.8 Å². The van der Waals surface area contributed by atoms with Gasteiger partial charge in [0.25, 0.3) is 0 Å². The normalized spacial score (nSPS) is 19.4. The van der Waals surface area contributed by atoms with E-state index in [1.807, 2.05) is 4.72 Å². The van der Waals surface area contributed by atoms with E-state index in [2.05, 4.69) is 5.32 Å². The van der Waals surface area contributed by atoms with Crippen LogP contribution in [0.5, 0.6) is 0 Å². The number of sulfonamides is 1. The number of hydrogen-bond donors (Lipinski definition) is 3. The van der Waals surface area contributed by atoms with E-state index < -0.39 is 33.2 Å². The van der Waals surface area contributed by atoms with Crippen molar-refractivity contribution in [1.82, 2.24) is 10.0 Å². The van der Waals surface area contributed by atoms with Gasteiger partial charge in [-0.2, -0.15) is 0 Å². The first kappa shape index (κ1) is 13.9. The lowest BCUT2D eigenvalue weighted by Gasteiger charge is -2.15. The first-order valence-electron chi connectivity index (χ1n) is 5.28. The SMILES string of the molecule is CC(NS(=O)(=O)C(C)C(=O)O)C(=O)NC1CC1. The lowest BCUT2D eigenvalue weighted by molar-refractivity contribution is -0.136. The summed E-state index contributed by atoms with van der Waals surface area (Å²) in [6.45, 7) is 2.43. The van der Waals surface area contributed by atoms with Crippen molar-refractivity contribution >= 4 is 21.9 Å². The molecular weight excluding hydrogens is 248 g/mol. The van der Waals surface area contributed by atoms with Gasteiger partial charge in [0.1, 0.15) is 0 Å². The van der Waals surface area contributed by atoms with Crippen LogP contribution >= 0.6 is 0 Å². The average Bonchev–Trinajstić information content (AvgIpc) is 2.99. The molecule has 17 heavy (non-hydrogen) atoms. The largest absolute Gasteiger partial charge is 0.480 e. The van der Waals surface area contributed by atoms with E-state index in [1.54, 1.807) is 0 Å². The Morgan fingerprint density at radius 2 is 1.82 bits per heavy atom.